The second-order valence-corrected chi connectivity index (χ2v) is 8.62. The molecule has 1 unspecified atom stereocenters. The number of aryl methyl sites for hydroxylation is 2. The van der Waals surface area contributed by atoms with Crippen LogP contribution in [0.5, 0.6) is 0 Å². The van der Waals surface area contributed by atoms with Gasteiger partial charge in [0.2, 0.25) is 5.95 Å². The molecule has 0 amide bonds. The molecule has 0 radical (unpaired) electrons. The molecule has 1 aliphatic rings. The van der Waals surface area contributed by atoms with Gasteiger partial charge in [0.25, 0.3) is 0 Å². The number of nitrogens with zero attached hydrogens (tertiary/aromatic N) is 4. The van der Waals surface area contributed by atoms with Gasteiger partial charge in [0, 0.05) is 6.42 Å². The predicted molar refractivity (Wildman–Crippen MR) is 133 cm³/mol. The van der Waals surface area contributed by atoms with Crippen LogP contribution in [-0.2, 0) is 6.18 Å². The number of alkyl halides is 3. The first-order valence-electron chi connectivity index (χ1n) is 11.5. The van der Waals surface area contributed by atoms with Gasteiger partial charge in [-0.25, -0.2) is 15.0 Å². The third kappa shape index (κ3) is 4.79. The van der Waals surface area contributed by atoms with Crippen LogP contribution in [0.3, 0.4) is 0 Å². The highest BCUT2D eigenvalue weighted by Gasteiger charge is 2.37. The molecule has 0 fully saturated rings. The van der Waals surface area contributed by atoms with Crippen LogP contribution in [0.4, 0.5) is 19.1 Å². The van der Waals surface area contributed by atoms with E-state index in [-0.39, 0.29) is 23.4 Å². The minimum absolute atomic E-state index is 0.0416. The van der Waals surface area contributed by atoms with Crippen LogP contribution >= 0.6 is 0 Å². The molecule has 2 aromatic heterocycles. The van der Waals surface area contributed by atoms with Crippen molar-refractivity contribution in [2.24, 2.45) is 5.10 Å². The lowest BCUT2D eigenvalue weighted by atomic mass is 9.97. The van der Waals surface area contributed by atoms with Crippen molar-refractivity contribution < 1.29 is 17.6 Å². The van der Waals surface area contributed by atoms with Gasteiger partial charge >= 0.3 is 6.18 Å². The summed E-state index contributed by atoms with van der Waals surface area (Å²) in [5.41, 5.74) is 3.81. The number of hydrazone groups is 1. The van der Waals surface area contributed by atoms with Crippen molar-refractivity contribution in [3.63, 3.8) is 0 Å². The number of hydrogen-bond donors (Lipinski definition) is 0. The number of anilines is 1. The summed E-state index contributed by atoms with van der Waals surface area (Å²) < 4.78 is 46.7. The summed E-state index contributed by atoms with van der Waals surface area (Å²) in [5, 5.41) is 6.18. The van der Waals surface area contributed by atoms with Crippen molar-refractivity contribution in [3.8, 4) is 11.5 Å². The lowest BCUT2D eigenvalue weighted by Crippen LogP contribution is -2.23. The Morgan fingerprint density at radius 3 is 2.36 bits per heavy atom. The van der Waals surface area contributed by atoms with Gasteiger partial charge in [-0.15, -0.1) is 0 Å². The Balaban J connectivity index is 1.61. The number of furan rings is 1. The molecule has 8 heteroatoms. The van der Waals surface area contributed by atoms with Crippen LogP contribution in [-0.4, -0.2) is 15.7 Å². The van der Waals surface area contributed by atoms with Crippen molar-refractivity contribution in [1.29, 1.82) is 0 Å². The Morgan fingerprint density at radius 1 is 0.917 bits per heavy atom. The molecule has 36 heavy (non-hydrogen) atoms. The summed E-state index contributed by atoms with van der Waals surface area (Å²) >= 11 is 0. The van der Waals surface area contributed by atoms with E-state index >= 15 is 0 Å². The highest BCUT2D eigenvalue weighted by atomic mass is 19.4. The maximum Gasteiger partial charge on any atom is 0.433 e. The molecule has 0 N–H and O–H groups in total. The number of halogens is 3. The largest absolute Gasteiger partial charge is 0.463 e. The van der Waals surface area contributed by atoms with Crippen LogP contribution < -0.4 is 5.01 Å². The topological polar surface area (TPSA) is 54.5 Å². The van der Waals surface area contributed by atoms with Crippen molar-refractivity contribution in [3.05, 3.63) is 107 Å². The van der Waals surface area contributed by atoms with Gasteiger partial charge in [-0.3, -0.25) is 0 Å². The molecule has 2 aromatic carbocycles. The molecule has 0 aliphatic carbocycles. The molecule has 0 saturated heterocycles. The highest BCUT2D eigenvalue weighted by molar-refractivity contribution is 6.01. The average molecular weight is 489 g/mol. The van der Waals surface area contributed by atoms with E-state index in [1.165, 1.54) is 11.3 Å². The summed E-state index contributed by atoms with van der Waals surface area (Å²) in [6.45, 7) is 3.99. The third-order valence-corrected chi connectivity index (χ3v) is 6.11. The van der Waals surface area contributed by atoms with Crippen LogP contribution in [0.2, 0.25) is 0 Å². The van der Waals surface area contributed by atoms with E-state index in [9.17, 15) is 13.2 Å². The lowest BCUT2D eigenvalue weighted by Gasteiger charge is -2.24. The van der Waals surface area contributed by atoms with Gasteiger partial charge in [-0.1, -0.05) is 54.6 Å². The summed E-state index contributed by atoms with van der Waals surface area (Å²) in [5.74, 6) is 0.0863. The molecule has 1 atom stereocenters. The number of allylic oxidation sites excluding steroid dienone is 1. The van der Waals surface area contributed by atoms with E-state index in [4.69, 9.17) is 4.42 Å². The highest BCUT2D eigenvalue weighted by Crippen LogP contribution is 2.38. The second kappa shape index (κ2) is 9.45. The minimum atomic E-state index is -4.66. The van der Waals surface area contributed by atoms with Crippen LogP contribution in [0.25, 0.3) is 17.5 Å². The van der Waals surface area contributed by atoms with Crippen LogP contribution in [0.1, 0.15) is 40.4 Å². The van der Waals surface area contributed by atoms with E-state index < -0.39 is 11.9 Å². The predicted octanol–water partition coefficient (Wildman–Crippen LogP) is 7.39. The van der Waals surface area contributed by atoms with Gasteiger partial charge in [0.1, 0.15) is 5.69 Å². The fourth-order valence-corrected chi connectivity index (χ4v) is 4.21. The van der Waals surface area contributed by atoms with Gasteiger partial charge in [0.15, 0.2) is 11.5 Å². The molecule has 5 nitrogen and oxygen atoms in total. The molecule has 5 rings (SSSR count). The Bertz CT molecular complexity index is 1440. The monoisotopic (exact) mass is 488 g/mol. The lowest BCUT2D eigenvalue weighted by molar-refractivity contribution is -0.141. The zero-order chi connectivity index (χ0) is 25.3. The Morgan fingerprint density at radius 2 is 1.67 bits per heavy atom. The SMILES string of the molecule is Cc1ccccc1/C=C/C1=NN(c2nc(-c3ccco3)cc(C(F)(F)F)n2)C(c2ccccc2C)C1. The van der Waals surface area contributed by atoms with Gasteiger partial charge in [-0.05, 0) is 60.4 Å². The molecule has 0 bridgehead atoms. The number of hydrogen-bond acceptors (Lipinski definition) is 5. The maximum atomic E-state index is 13.8. The molecule has 1 aliphatic heterocycles. The van der Waals surface area contributed by atoms with Crippen molar-refractivity contribution in [2.75, 3.05) is 5.01 Å². The first-order valence-corrected chi connectivity index (χ1v) is 11.5. The van der Waals surface area contributed by atoms with Crippen molar-refractivity contribution >= 4 is 17.7 Å². The van der Waals surface area contributed by atoms with E-state index in [2.05, 4.69) is 15.1 Å². The zero-order valence-electron chi connectivity index (χ0n) is 19.7. The van der Waals surface area contributed by atoms with Crippen molar-refractivity contribution in [2.45, 2.75) is 32.5 Å². The summed E-state index contributed by atoms with van der Waals surface area (Å²) in [6.07, 6.45) is 1.09. The molecular formula is C28H23F3N4O. The fraction of sp³-hybridized carbons (Fsp3) is 0.179. The summed E-state index contributed by atoms with van der Waals surface area (Å²) in [7, 11) is 0. The first-order chi connectivity index (χ1) is 17.3. The molecular weight excluding hydrogens is 465 g/mol. The first kappa shape index (κ1) is 23.5. The van der Waals surface area contributed by atoms with Crippen LogP contribution in [0.15, 0.2) is 88.6 Å². The van der Waals surface area contributed by atoms with Gasteiger partial charge in [-0.2, -0.15) is 18.3 Å². The molecule has 3 heterocycles. The quantitative estimate of drug-likeness (QED) is 0.294. The number of benzene rings is 2. The van der Waals surface area contributed by atoms with E-state index in [0.29, 0.717) is 12.1 Å². The normalized spacial score (nSPS) is 16.1. The Kier molecular flexibility index (Phi) is 6.18. The van der Waals surface area contributed by atoms with E-state index in [1.54, 1.807) is 12.1 Å². The number of rotatable bonds is 5. The van der Waals surface area contributed by atoms with Crippen molar-refractivity contribution in [1.82, 2.24) is 9.97 Å². The standard InChI is InChI=1S/C28H23F3N4O/c1-18-8-3-5-10-20(18)13-14-21-16-24(22-11-6-4-9-19(22)2)35(34-21)27-32-23(25-12-7-15-36-25)17-26(33-27)28(29,30)31/h3-15,17,24H,16H2,1-2H3/b14-13+. The fourth-order valence-electron chi connectivity index (χ4n) is 4.21. The second-order valence-electron chi connectivity index (χ2n) is 8.62. The molecule has 0 spiro atoms. The minimum Gasteiger partial charge on any atom is -0.463 e. The molecule has 0 saturated carbocycles. The zero-order valence-corrected chi connectivity index (χ0v) is 19.7. The summed E-state index contributed by atoms with van der Waals surface area (Å²) in [4.78, 5) is 8.32. The molecule has 182 valence electrons. The van der Waals surface area contributed by atoms with Gasteiger partial charge < -0.3 is 4.42 Å². The Labute approximate surface area is 206 Å². The molecule has 4 aromatic rings. The van der Waals surface area contributed by atoms with E-state index in [0.717, 1.165) is 28.3 Å². The summed E-state index contributed by atoms with van der Waals surface area (Å²) in [6, 6.07) is 19.4. The van der Waals surface area contributed by atoms with E-state index in [1.807, 2.05) is 74.5 Å². The average Bonchev–Trinajstić information content (AvgIpc) is 3.54. The Hall–Kier alpha value is -4.20. The third-order valence-electron chi connectivity index (χ3n) is 6.11. The maximum absolute atomic E-state index is 13.8. The number of aromatic nitrogens is 2. The van der Waals surface area contributed by atoms with Crippen LogP contribution in [0, 0.1) is 13.8 Å². The smallest absolute Gasteiger partial charge is 0.433 e. The van der Waals surface area contributed by atoms with Gasteiger partial charge in [0.05, 0.1) is 18.0 Å².